The molecule has 0 amide bonds. The second-order valence-corrected chi connectivity index (χ2v) is 6.88. The van der Waals surface area contributed by atoms with Crippen LogP contribution in [0.15, 0.2) is 42.9 Å². The topological polar surface area (TPSA) is 49.2 Å². The van der Waals surface area contributed by atoms with Crippen LogP contribution < -0.4 is 0 Å². The Morgan fingerprint density at radius 3 is 2.83 bits per heavy atom. The van der Waals surface area contributed by atoms with Crippen molar-refractivity contribution >= 4 is 11.0 Å². The Bertz CT molecular complexity index is 836. The largest absolute Gasteiger partial charge is 0.341 e. The average Bonchev–Trinajstić information content (AvgIpc) is 3.07. The smallest absolute Gasteiger partial charge is 0.164 e. The van der Waals surface area contributed by atoms with E-state index < -0.39 is 11.4 Å². The van der Waals surface area contributed by atoms with Crippen LogP contribution in [0.25, 0.3) is 11.0 Å². The molecule has 5 heteroatoms. The highest BCUT2D eigenvalue weighted by atomic mass is 16.8. The van der Waals surface area contributed by atoms with Crippen molar-refractivity contribution in [1.29, 1.82) is 0 Å². The molecule has 120 valence electrons. The lowest BCUT2D eigenvalue weighted by molar-refractivity contribution is -0.157. The molecule has 2 aromatic rings. The number of aromatic nitrogens is 3. The molecule has 2 aromatic heterocycles. The molecule has 0 radical (unpaired) electrons. The van der Waals surface area contributed by atoms with E-state index in [2.05, 4.69) is 46.4 Å². The minimum absolute atomic E-state index is 0.0153. The summed E-state index contributed by atoms with van der Waals surface area (Å²) in [6.45, 7) is 11.9. The predicted octanol–water partition coefficient (Wildman–Crippen LogP) is 3.32. The van der Waals surface area contributed by atoms with Gasteiger partial charge >= 0.3 is 0 Å². The predicted molar refractivity (Wildman–Crippen MR) is 88.0 cm³/mol. The van der Waals surface area contributed by atoms with E-state index in [1.807, 2.05) is 26.8 Å². The van der Waals surface area contributed by atoms with Gasteiger partial charge in [0.1, 0.15) is 23.7 Å². The number of nitrogens with zero attached hydrogens (tertiary/aromatic N) is 3. The molecule has 0 N–H and O–H groups in total. The van der Waals surface area contributed by atoms with Crippen LogP contribution >= 0.6 is 0 Å². The van der Waals surface area contributed by atoms with E-state index in [0.717, 1.165) is 22.3 Å². The number of ether oxygens (including phenoxy) is 2. The number of hydrogen-bond acceptors (Lipinski definition) is 4. The molecular formula is C18H21N3O2. The lowest BCUT2D eigenvalue weighted by Gasteiger charge is -2.27. The molecule has 1 saturated heterocycles. The van der Waals surface area contributed by atoms with Crippen molar-refractivity contribution in [2.45, 2.75) is 51.2 Å². The third kappa shape index (κ3) is 1.93. The molecule has 0 aromatic carbocycles. The van der Waals surface area contributed by atoms with Gasteiger partial charge in [0, 0.05) is 11.6 Å². The third-order valence-electron chi connectivity index (χ3n) is 4.89. The molecule has 1 fully saturated rings. The van der Waals surface area contributed by atoms with E-state index in [1.165, 1.54) is 0 Å². The molecule has 4 rings (SSSR count). The van der Waals surface area contributed by atoms with Gasteiger partial charge in [0.2, 0.25) is 0 Å². The van der Waals surface area contributed by atoms with Crippen LogP contribution in [0.2, 0.25) is 0 Å². The standard InChI is InChI=1S/C18H21N3O2/c1-6-12-9-14(15-18(12,5)23-17(3,4)22-15)21-8-7-13-11(2)19-10-20-16(13)21/h6-10,14-15H,1H2,2-5H3/t14-,15+,18-/m1/s1. The molecule has 1 aliphatic heterocycles. The quantitative estimate of drug-likeness (QED) is 0.853. The zero-order valence-corrected chi connectivity index (χ0v) is 13.9. The van der Waals surface area contributed by atoms with Gasteiger partial charge in [0.15, 0.2) is 5.79 Å². The van der Waals surface area contributed by atoms with Crippen molar-refractivity contribution < 1.29 is 9.47 Å². The van der Waals surface area contributed by atoms with E-state index in [4.69, 9.17) is 9.47 Å². The normalized spacial score (nSPS) is 32.1. The van der Waals surface area contributed by atoms with Gasteiger partial charge in [-0.1, -0.05) is 18.7 Å². The third-order valence-corrected chi connectivity index (χ3v) is 4.89. The zero-order valence-electron chi connectivity index (χ0n) is 13.9. The first-order chi connectivity index (χ1) is 10.9. The molecule has 0 spiro atoms. The highest BCUT2D eigenvalue weighted by Gasteiger charge is 2.58. The Kier molecular flexibility index (Phi) is 2.87. The molecule has 5 nitrogen and oxygen atoms in total. The average molecular weight is 311 g/mol. The first-order valence-corrected chi connectivity index (χ1v) is 7.86. The fraction of sp³-hybridized carbons (Fsp3) is 0.444. The first kappa shape index (κ1) is 14.6. The minimum atomic E-state index is -0.617. The van der Waals surface area contributed by atoms with Crippen molar-refractivity contribution in [1.82, 2.24) is 14.5 Å². The summed E-state index contributed by atoms with van der Waals surface area (Å²) in [6, 6.07) is 2.07. The van der Waals surface area contributed by atoms with Gasteiger partial charge in [-0.2, -0.15) is 0 Å². The number of fused-ring (bicyclic) bond motifs is 2. The van der Waals surface area contributed by atoms with E-state index in [-0.39, 0.29) is 12.1 Å². The number of hydrogen-bond donors (Lipinski definition) is 0. The van der Waals surface area contributed by atoms with E-state index in [9.17, 15) is 0 Å². The van der Waals surface area contributed by atoms with Crippen molar-refractivity contribution in [3.63, 3.8) is 0 Å². The van der Waals surface area contributed by atoms with Crippen molar-refractivity contribution in [2.24, 2.45) is 0 Å². The van der Waals surface area contributed by atoms with E-state index in [0.29, 0.717) is 0 Å². The molecule has 23 heavy (non-hydrogen) atoms. The lowest BCUT2D eigenvalue weighted by Crippen LogP contribution is -2.37. The summed E-state index contributed by atoms with van der Waals surface area (Å²) in [6.07, 6.45) is 7.58. The second-order valence-electron chi connectivity index (χ2n) is 6.88. The van der Waals surface area contributed by atoms with Crippen LogP contribution in [-0.4, -0.2) is 32.0 Å². The van der Waals surface area contributed by atoms with Gasteiger partial charge in [0.25, 0.3) is 0 Å². The Balaban J connectivity index is 1.87. The van der Waals surface area contributed by atoms with Gasteiger partial charge in [-0.05, 0) is 39.3 Å². The van der Waals surface area contributed by atoms with Crippen LogP contribution in [0.3, 0.4) is 0 Å². The molecule has 2 aliphatic rings. The molecule has 0 bridgehead atoms. The number of aryl methyl sites for hydroxylation is 1. The summed E-state index contributed by atoms with van der Waals surface area (Å²) in [5.41, 5.74) is 2.46. The van der Waals surface area contributed by atoms with Crippen LogP contribution in [0.1, 0.15) is 32.5 Å². The Morgan fingerprint density at radius 1 is 1.30 bits per heavy atom. The summed E-state index contributed by atoms with van der Waals surface area (Å²) in [7, 11) is 0. The van der Waals surface area contributed by atoms with Crippen LogP contribution in [0.4, 0.5) is 0 Å². The Morgan fingerprint density at radius 2 is 2.09 bits per heavy atom. The molecule has 3 heterocycles. The Hall–Kier alpha value is -1.98. The van der Waals surface area contributed by atoms with Gasteiger partial charge in [-0.15, -0.1) is 0 Å². The monoisotopic (exact) mass is 311 g/mol. The maximum absolute atomic E-state index is 6.24. The summed E-state index contributed by atoms with van der Waals surface area (Å²) < 4.78 is 14.6. The van der Waals surface area contributed by atoms with Crippen molar-refractivity contribution in [2.75, 3.05) is 0 Å². The van der Waals surface area contributed by atoms with Crippen LogP contribution in [0, 0.1) is 6.92 Å². The SMILES string of the molecule is C=CC1=C[C@@H](n2ccc3c(C)ncnc32)[C@@H]2OC(C)(C)O[C@]12C. The maximum Gasteiger partial charge on any atom is 0.164 e. The van der Waals surface area contributed by atoms with Crippen molar-refractivity contribution in [3.05, 3.63) is 48.6 Å². The van der Waals surface area contributed by atoms with Gasteiger partial charge < -0.3 is 14.0 Å². The summed E-state index contributed by atoms with van der Waals surface area (Å²) >= 11 is 0. The van der Waals surface area contributed by atoms with Crippen molar-refractivity contribution in [3.8, 4) is 0 Å². The Labute approximate surface area is 135 Å². The molecule has 1 aliphatic carbocycles. The first-order valence-electron chi connectivity index (χ1n) is 7.86. The minimum Gasteiger partial charge on any atom is -0.341 e. The van der Waals surface area contributed by atoms with Gasteiger partial charge in [-0.25, -0.2) is 9.97 Å². The van der Waals surface area contributed by atoms with E-state index in [1.54, 1.807) is 6.33 Å². The zero-order chi connectivity index (χ0) is 16.4. The maximum atomic E-state index is 6.24. The highest BCUT2D eigenvalue weighted by Crippen LogP contribution is 2.51. The van der Waals surface area contributed by atoms with E-state index >= 15 is 0 Å². The summed E-state index contributed by atoms with van der Waals surface area (Å²) in [5.74, 6) is -0.617. The fourth-order valence-corrected chi connectivity index (χ4v) is 3.90. The fourth-order valence-electron chi connectivity index (χ4n) is 3.90. The summed E-state index contributed by atoms with van der Waals surface area (Å²) in [5, 5.41) is 1.06. The van der Waals surface area contributed by atoms with Gasteiger partial charge in [-0.3, -0.25) is 0 Å². The molecule has 3 atom stereocenters. The second kappa shape index (κ2) is 4.52. The lowest BCUT2D eigenvalue weighted by atomic mass is 9.95. The van der Waals surface area contributed by atoms with Crippen LogP contribution in [0.5, 0.6) is 0 Å². The molecule has 0 saturated carbocycles. The highest BCUT2D eigenvalue weighted by molar-refractivity contribution is 5.78. The molecule has 0 unspecified atom stereocenters. The van der Waals surface area contributed by atoms with Gasteiger partial charge in [0.05, 0.1) is 11.7 Å². The molecular weight excluding hydrogens is 290 g/mol. The number of rotatable bonds is 2. The summed E-state index contributed by atoms with van der Waals surface area (Å²) in [4.78, 5) is 8.74. The van der Waals surface area contributed by atoms with Crippen LogP contribution in [-0.2, 0) is 9.47 Å².